The number of halogens is 1. The lowest BCUT2D eigenvalue weighted by atomic mass is 10.3. The van der Waals surface area contributed by atoms with Crippen LogP contribution < -0.4 is 5.32 Å². The molecule has 5 heteroatoms. The third kappa shape index (κ3) is 2.72. The average molecular weight is 324 g/mol. The van der Waals surface area contributed by atoms with Crippen LogP contribution in [0.25, 0.3) is 0 Å². The lowest BCUT2D eigenvalue weighted by Crippen LogP contribution is -2.08. The van der Waals surface area contributed by atoms with E-state index in [-0.39, 0.29) is 6.04 Å². The molecule has 0 spiro atoms. The summed E-state index contributed by atoms with van der Waals surface area (Å²) in [4.78, 5) is 10.3. The van der Waals surface area contributed by atoms with E-state index in [1.165, 1.54) is 17.7 Å². The Labute approximate surface area is 119 Å². The first kappa shape index (κ1) is 12.1. The molecule has 1 N–H and O–H groups in total. The van der Waals surface area contributed by atoms with Crippen LogP contribution in [0, 0.1) is 0 Å². The highest BCUT2D eigenvalue weighted by Gasteiger charge is 2.27. The van der Waals surface area contributed by atoms with Crippen LogP contribution in [0.5, 0.6) is 0 Å². The van der Waals surface area contributed by atoms with Crippen LogP contribution in [-0.2, 0) is 0 Å². The van der Waals surface area contributed by atoms with Gasteiger partial charge in [-0.2, -0.15) is 0 Å². The van der Waals surface area contributed by atoms with Gasteiger partial charge in [0.2, 0.25) is 0 Å². The maximum atomic E-state index is 4.60. The predicted molar refractivity (Wildman–Crippen MR) is 78.1 cm³/mol. The van der Waals surface area contributed by atoms with Crippen molar-refractivity contribution in [3.63, 3.8) is 0 Å². The van der Waals surface area contributed by atoms with E-state index < -0.39 is 0 Å². The summed E-state index contributed by atoms with van der Waals surface area (Å²) in [5, 5.41) is 5.53. The number of rotatable bonds is 4. The summed E-state index contributed by atoms with van der Waals surface area (Å²) in [7, 11) is 0. The van der Waals surface area contributed by atoms with Gasteiger partial charge in [-0.05, 0) is 47.1 Å². The molecule has 0 bridgehead atoms. The molecule has 1 saturated carbocycles. The molecule has 1 atom stereocenters. The molecule has 1 unspecified atom stereocenters. The molecule has 2 aromatic heterocycles. The topological polar surface area (TPSA) is 37.8 Å². The van der Waals surface area contributed by atoms with Crippen LogP contribution in [0.15, 0.2) is 28.2 Å². The minimum Gasteiger partial charge on any atom is -0.363 e. The number of thiophene rings is 1. The van der Waals surface area contributed by atoms with Gasteiger partial charge < -0.3 is 5.32 Å². The zero-order valence-corrected chi connectivity index (χ0v) is 12.5. The third-order valence-corrected chi connectivity index (χ3v) is 4.45. The minimum absolute atomic E-state index is 0.277. The highest BCUT2D eigenvalue weighted by Crippen LogP contribution is 2.39. The molecular formula is C13H14BrN3S. The molecule has 18 heavy (non-hydrogen) atoms. The van der Waals surface area contributed by atoms with Crippen LogP contribution in [-0.4, -0.2) is 9.97 Å². The lowest BCUT2D eigenvalue weighted by Gasteiger charge is -2.13. The second-order valence-corrected chi connectivity index (χ2v) is 6.38. The first-order chi connectivity index (χ1) is 8.72. The Hall–Kier alpha value is -0.940. The number of nitrogens with one attached hydrogen (secondary N) is 1. The van der Waals surface area contributed by atoms with Crippen molar-refractivity contribution in [2.75, 3.05) is 5.32 Å². The summed E-state index contributed by atoms with van der Waals surface area (Å²) in [5.41, 5.74) is 0. The van der Waals surface area contributed by atoms with E-state index in [1.54, 1.807) is 11.3 Å². The molecule has 2 aromatic rings. The summed E-state index contributed by atoms with van der Waals surface area (Å²) in [5.74, 6) is 2.44. The van der Waals surface area contributed by atoms with E-state index in [1.807, 2.05) is 6.07 Å². The molecule has 94 valence electrons. The standard InChI is InChI=1S/C13H14BrN3S/c1-8(10-3-2-6-18-10)15-12-7-11(14)16-13(17-12)9-4-5-9/h2-3,6-9H,4-5H2,1H3,(H,15,16,17). The fourth-order valence-electron chi connectivity index (χ4n) is 1.86. The van der Waals surface area contributed by atoms with Gasteiger partial charge in [0.1, 0.15) is 16.2 Å². The second-order valence-electron chi connectivity index (χ2n) is 4.59. The number of hydrogen-bond donors (Lipinski definition) is 1. The Morgan fingerprint density at radius 2 is 2.28 bits per heavy atom. The number of hydrogen-bond acceptors (Lipinski definition) is 4. The molecule has 3 nitrogen and oxygen atoms in total. The zero-order chi connectivity index (χ0) is 12.5. The Morgan fingerprint density at radius 1 is 1.44 bits per heavy atom. The Morgan fingerprint density at radius 3 is 2.94 bits per heavy atom. The predicted octanol–water partition coefficient (Wildman–Crippen LogP) is 4.35. The SMILES string of the molecule is CC(Nc1cc(Br)nc(C2CC2)n1)c1cccs1. The molecule has 0 aromatic carbocycles. The molecule has 1 aliphatic rings. The molecule has 0 saturated heterocycles. The summed E-state index contributed by atoms with van der Waals surface area (Å²) < 4.78 is 0.861. The van der Waals surface area contributed by atoms with Crippen LogP contribution in [0.3, 0.4) is 0 Å². The van der Waals surface area contributed by atoms with E-state index in [0.29, 0.717) is 5.92 Å². The van der Waals surface area contributed by atoms with Gasteiger partial charge in [0.15, 0.2) is 0 Å². The summed E-state index contributed by atoms with van der Waals surface area (Å²) in [6, 6.07) is 6.43. The van der Waals surface area contributed by atoms with Crippen molar-refractivity contribution < 1.29 is 0 Å². The van der Waals surface area contributed by atoms with Gasteiger partial charge in [0.05, 0.1) is 6.04 Å². The van der Waals surface area contributed by atoms with Gasteiger partial charge in [-0.1, -0.05) is 6.07 Å². The molecule has 1 aliphatic carbocycles. The van der Waals surface area contributed by atoms with Gasteiger partial charge in [0.25, 0.3) is 0 Å². The number of nitrogens with zero attached hydrogens (tertiary/aromatic N) is 2. The first-order valence-corrected chi connectivity index (χ1v) is 7.74. The largest absolute Gasteiger partial charge is 0.363 e. The lowest BCUT2D eigenvalue weighted by molar-refractivity contribution is 0.863. The van der Waals surface area contributed by atoms with E-state index >= 15 is 0 Å². The van der Waals surface area contributed by atoms with Crippen LogP contribution >= 0.6 is 27.3 Å². The van der Waals surface area contributed by atoms with Crippen molar-refractivity contribution in [2.24, 2.45) is 0 Å². The van der Waals surface area contributed by atoms with Crippen molar-refractivity contribution in [3.05, 3.63) is 38.9 Å². The summed E-state index contributed by atoms with van der Waals surface area (Å²) in [6.07, 6.45) is 2.44. The second kappa shape index (κ2) is 4.97. The molecule has 0 amide bonds. The third-order valence-electron chi connectivity index (χ3n) is 2.99. The molecular weight excluding hydrogens is 310 g/mol. The maximum Gasteiger partial charge on any atom is 0.135 e. The Bertz CT molecular complexity index is 537. The molecule has 2 heterocycles. The molecule has 1 fully saturated rings. The van der Waals surface area contributed by atoms with Crippen molar-refractivity contribution in [1.82, 2.24) is 9.97 Å². The number of anilines is 1. The van der Waals surface area contributed by atoms with Crippen molar-refractivity contribution in [1.29, 1.82) is 0 Å². The van der Waals surface area contributed by atoms with Crippen molar-refractivity contribution in [3.8, 4) is 0 Å². The van der Waals surface area contributed by atoms with Crippen molar-refractivity contribution >= 4 is 33.1 Å². The van der Waals surface area contributed by atoms with Gasteiger partial charge in [-0.15, -0.1) is 11.3 Å². The van der Waals surface area contributed by atoms with E-state index in [0.717, 1.165) is 16.2 Å². The normalized spacial score (nSPS) is 16.6. The monoisotopic (exact) mass is 323 g/mol. The average Bonchev–Trinajstić information content (AvgIpc) is 3.03. The van der Waals surface area contributed by atoms with E-state index in [4.69, 9.17) is 0 Å². The van der Waals surface area contributed by atoms with Gasteiger partial charge in [-0.3, -0.25) is 0 Å². The fraction of sp³-hybridized carbons (Fsp3) is 0.385. The molecule has 3 rings (SSSR count). The van der Waals surface area contributed by atoms with Gasteiger partial charge >= 0.3 is 0 Å². The van der Waals surface area contributed by atoms with Crippen LogP contribution in [0.2, 0.25) is 0 Å². The molecule has 0 radical (unpaired) electrons. The van der Waals surface area contributed by atoms with Crippen LogP contribution in [0.4, 0.5) is 5.82 Å². The quantitative estimate of drug-likeness (QED) is 0.850. The zero-order valence-electron chi connectivity index (χ0n) is 10.1. The molecule has 0 aliphatic heterocycles. The Balaban J connectivity index is 1.79. The minimum atomic E-state index is 0.277. The number of aromatic nitrogens is 2. The Kier molecular flexibility index (Phi) is 3.35. The highest BCUT2D eigenvalue weighted by atomic mass is 79.9. The van der Waals surface area contributed by atoms with Gasteiger partial charge in [-0.25, -0.2) is 9.97 Å². The fourth-order valence-corrected chi connectivity index (χ4v) is 3.00. The maximum absolute atomic E-state index is 4.60. The highest BCUT2D eigenvalue weighted by molar-refractivity contribution is 9.10. The van der Waals surface area contributed by atoms with Gasteiger partial charge in [0, 0.05) is 16.9 Å². The van der Waals surface area contributed by atoms with E-state index in [2.05, 4.69) is 55.7 Å². The first-order valence-electron chi connectivity index (χ1n) is 6.07. The smallest absolute Gasteiger partial charge is 0.135 e. The summed E-state index contributed by atoms with van der Waals surface area (Å²) in [6.45, 7) is 2.15. The van der Waals surface area contributed by atoms with Crippen LogP contribution in [0.1, 0.15) is 42.4 Å². The van der Waals surface area contributed by atoms with Crippen molar-refractivity contribution in [2.45, 2.75) is 31.7 Å². The van der Waals surface area contributed by atoms with E-state index in [9.17, 15) is 0 Å². The summed E-state index contributed by atoms with van der Waals surface area (Å²) >= 11 is 5.22.